The summed E-state index contributed by atoms with van der Waals surface area (Å²) in [5, 5.41) is 6.27. The predicted octanol–water partition coefficient (Wildman–Crippen LogP) is 3.67. The minimum atomic E-state index is -0.0396. The molecule has 120 valence electrons. The Morgan fingerprint density at radius 2 is 1.04 bits per heavy atom. The van der Waals surface area contributed by atoms with Crippen molar-refractivity contribution in [1.82, 2.24) is 0 Å². The molecule has 0 fully saturated rings. The van der Waals surface area contributed by atoms with E-state index in [4.69, 9.17) is 0 Å². The van der Waals surface area contributed by atoms with Crippen LogP contribution < -0.4 is 10.6 Å². The normalized spacial score (nSPS) is 18.6. The molecule has 0 saturated carbocycles. The van der Waals surface area contributed by atoms with E-state index in [-0.39, 0.29) is 31.0 Å². The second-order valence-corrected chi connectivity index (χ2v) is 5.20. The number of anilines is 2. The molecule has 4 nitrogen and oxygen atoms in total. The number of benzene rings is 1. The van der Waals surface area contributed by atoms with Crippen molar-refractivity contribution in [2.24, 2.45) is 0 Å². The molecule has 0 bridgehead atoms. The van der Waals surface area contributed by atoms with Crippen LogP contribution in [0.2, 0.25) is 0 Å². The van der Waals surface area contributed by atoms with Gasteiger partial charge in [0.15, 0.2) is 11.6 Å². The van der Waals surface area contributed by atoms with Crippen LogP contribution in [0, 0.1) is 0 Å². The standard InChI is InChI=1S/C20H16N2O2.Zn/c23-19-11-5-1-7-15(19)13-21-17-9-3-4-10-18(17)22-14-16-8-2-6-12-20(16)24;/h1-14,21-22H;. The molecule has 2 aliphatic rings. The van der Waals surface area contributed by atoms with E-state index in [1.165, 1.54) is 12.2 Å². The minimum absolute atomic E-state index is 0. The number of hydrogen-bond donors (Lipinski definition) is 2. The van der Waals surface area contributed by atoms with Crippen LogP contribution in [0.15, 0.2) is 96.4 Å². The molecule has 2 aliphatic carbocycles. The molecule has 25 heavy (non-hydrogen) atoms. The minimum Gasteiger partial charge on any atom is -0.359 e. The summed E-state index contributed by atoms with van der Waals surface area (Å²) < 4.78 is 0. The molecule has 0 spiro atoms. The quantitative estimate of drug-likeness (QED) is 0.617. The number of allylic oxidation sites excluding steroid dienone is 10. The number of carbonyl (C=O) groups is 2. The van der Waals surface area contributed by atoms with E-state index >= 15 is 0 Å². The van der Waals surface area contributed by atoms with Crippen LogP contribution >= 0.6 is 0 Å². The van der Waals surface area contributed by atoms with Crippen LogP contribution in [0.4, 0.5) is 11.4 Å². The maximum absolute atomic E-state index is 11.7. The van der Waals surface area contributed by atoms with Gasteiger partial charge in [-0.15, -0.1) is 0 Å². The zero-order chi connectivity index (χ0) is 16.8. The first-order valence-electron chi connectivity index (χ1n) is 7.54. The number of ketones is 2. The van der Waals surface area contributed by atoms with Crippen LogP contribution in [0.25, 0.3) is 0 Å². The molecule has 0 atom stereocenters. The topological polar surface area (TPSA) is 58.2 Å². The van der Waals surface area contributed by atoms with Gasteiger partial charge in [0.05, 0.1) is 11.4 Å². The molecule has 3 rings (SSSR count). The predicted molar refractivity (Wildman–Crippen MR) is 96.4 cm³/mol. The van der Waals surface area contributed by atoms with Gasteiger partial charge in [0.1, 0.15) is 0 Å². The first kappa shape index (κ1) is 18.6. The summed E-state index contributed by atoms with van der Waals surface area (Å²) >= 11 is 0. The summed E-state index contributed by atoms with van der Waals surface area (Å²) in [5.41, 5.74) is 2.78. The van der Waals surface area contributed by atoms with E-state index in [9.17, 15) is 9.59 Å². The van der Waals surface area contributed by atoms with Crippen molar-refractivity contribution in [1.29, 1.82) is 0 Å². The van der Waals surface area contributed by atoms with Crippen molar-refractivity contribution in [3.8, 4) is 0 Å². The smallest absolute Gasteiger partial charge is 0.187 e. The third kappa shape index (κ3) is 4.85. The van der Waals surface area contributed by atoms with Gasteiger partial charge < -0.3 is 10.6 Å². The summed E-state index contributed by atoms with van der Waals surface area (Å²) in [6, 6.07) is 7.57. The van der Waals surface area contributed by atoms with E-state index in [1.54, 1.807) is 36.7 Å². The van der Waals surface area contributed by atoms with Gasteiger partial charge in [-0.2, -0.15) is 0 Å². The van der Waals surface area contributed by atoms with Gasteiger partial charge in [0, 0.05) is 43.0 Å². The number of carbonyl (C=O) groups excluding carboxylic acids is 2. The number of hydrogen-bond acceptors (Lipinski definition) is 4. The molecular weight excluding hydrogens is 366 g/mol. The molecule has 1 aromatic carbocycles. The summed E-state index contributed by atoms with van der Waals surface area (Å²) in [6.45, 7) is 0. The SMILES string of the molecule is O=C1C=CC=CC1=CNc1ccccc1NC=C1C=CC=CC1=O.[Zn]. The summed E-state index contributed by atoms with van der Waals surface area (Å²) in [7, 11) is 0. The summed E-state index contributed by atoms with van der Waals surface area (Å²) in [6.07, 6.45) is 17.0. The van der Waals surface area contributed by atoms with E-state index < -0.39 is 0 Å². The summed E-state index contributed by atoms with van der Waals surface area (Å²) in [5.74, 6) is -0.0791. The molecule has 0 unspecified atom stereocenters. The summed E-state index contributed by atoms with van der Waals surface area (Å²) in [4.78, 5) is 23.5. The van der Waals surface area contributed by atoms with Crippen molar-refractivity contribution in [3.05, 3.63) is 96.4 Å². The van der Waals surface area contributed by atoms with Gasteiger partial charge in [0.25, 0.3) is 0 Å². The van der Waals surface area contributed by atoms with E-state index in [1.807, 2.05) is 36.4 Å². The third-order valence-electron chi connectivity index (χ3n) is 3.53. The fraction of sp³-hybridized carbons (Fsp3) is 0. The Morgan fingerprint density at radius 1 is 0.640 bits per heavy atom. The van der Waals surface area contributed by atoms with Gasteiger partial charge in [-0.05, 0) is 36.4 Å². The Kier molecular flexibility index (Phi) is 6.61. The molecule has 0 saturated heterocycles. The maximum atomic E-state index is 11.7. The van der Waals surface area contributed by atoms with Crippen molar-refractivity contribution in [2.75, 3.05) is 10.6 Å². The van der Waals surface area contributed by atoms with E-state index in [2.05, 4.69) is 10.6 Å². The molecule has 0 heterocycles. The van der Waals surface area contributed by atoms with Crippen molar-refractivity contribution < 1.29 is 29.1 Å². The second-order valence-electron chi connectivity index (χ2n) is 5.20. The van der Waals surface area contributed by atoms with Crippen LogP contribution in [0.5, 0.6) is 0 Å². The maximum Gasteiger partial charge on any atom is 0.187 e. The molecule has 2 N–H and O–H groups in total. The Bertz CT molecular complexity index is 787. The molecular formula is C20H16N2O2Zn. The largest absolute Gasteiger partial charge is 0.359 e. The first-order valence-corrected chi connectivity index (χ1v) is 7.54. The fourth-order valence-electron chi connectivity index (χ4n) is 2.25. The van der Waals surface area contributed by atoms with Gasteiger partial charge >= 0.3 is 0 Å². The average Bonchev–Trinajstić information content (AvgIpc) is 2.61. The van der Waals surface area contributed by atoms with Crippen LogP contribution in [-0.4, -0.2) is 11.6 Å². The van der Waals surface area contributed by atoms with Crippen molar-refractivity contribution >= 4 is 22.9 Å². The Hall–Kier alpha value is -2.78. The van der Waals surface area contributed by atoms with Gasteiger partial charge in [-0.25, -0.2) is 0 Å². The molecule has 0 aromatic heterocycles. The second kappa shape index (κ2) is 8.90. The number of para-hydroxylation sites is 2. The van der Waals surface area contributed by atoms with Crippen LogP contribution in [0.1, 0.15) is 0 Å². The monoisotopic (exact) mass is 380 g/mol. The third-order valence-corrected chi connectivity index (χ3v) is 3.53. The Labute approximate surface area is 159 Å². The molecule has 0 aliphatic heterocycles. The van der Waals surface area contributed by atoms with Gasteiger partial charge in [-0.1, -0.05) is 36.4 Å². The number of nitrogens with one attached hydrogen (secondary N) is 2. The van der Waals surface area contributed by atoms with Gasteiger partial charge in [0.2, 0.25) is 0 Å². The number of rotatable bonds is 4. The van der Waals surface area contributed by atoms with Crippen molar-refractivity contribution in [2.45, 2.75) is 0 Å². The van der Waals surface area contributed by atoms with Crippen LogP contribution in [0.3, 0.4) is 0 Å². The zero-order valence-corrected chi connectivity index (χ0v) is 16.6. The first-order chi connectivity index (χ1) is 11.7. The molecule has 5 heteroatoms. The molecule has 0 radical (unpaired) electrons. The van der Waals surface area contributed by atoms with Gasteiger partial charge in [-0.3, -0.25) is 9.59 Å². The fourth-order valence-corrected chi connectivity index (χ4v) is 2.25. The van der Waals surface area contributed by atoms with Crippen molar-refractivity contribution in [3.63, 3.8) is 0 Å². The molecule has 0 amide bonds. The Morgan fingerprint density at radius 3 is 1.44 bits per heavy atom. The zero-order valence-electron chi connectivity index (χ0n) is 13.6. The van der Waals surface area contributed by atoms with E-state index in [0.29, 0.717) is 11.1 Å². The average molecular weight is 382 g/mol. The van der Waals surface area contributed by atoms with E-state index in [0.717, 1.165) is 11.4 Å². The molecule has 1 aromatic rings. The Balaban J connectivity index is 0.00000225. The van der Waals surface area contributed by atoms with Crippen LogP contribution in [-0.2, 0) is 29.1 Å².